The number of carbonyl (C=O) groups excluding carboxylic acids is 1. The first kappa shape index (κ1) is 16.2. The zero-order valence-electron chi connectivity index (χ0n) is 13.1. The summed E-state index contributed by atoms with van der Waals surface area (Å²) in [5.74, 6) is 0.570. The molecule has 4 nitrogen and oxygen atoms in total. The van der Waals surface area contributed by atoms with Crippen LogP contribution in [0.1, 0.15) is 27.0 Å². The number of carbonyl (C=O) groups is 1. The van der Waals surface area contributed by atoms with Crippen LogP contribution in [0.4, 0.5) is 0 Å². The Balaban J connectivity index is 2.20. The fraction of sp³-hybridized carbons (Fsp3) is 0.278. The molecule has 116 valence electrons. The van der Waals surface area contributed by atoms with E-state index in [1.807, 2.05) is 44.2 Å². The molecule has 4 heteroatoms. The van der Waals surface area contributed by atoms with E-state index in [0.29, 0.717) is 12.2 Å². The van der Waals surface area contributed by atoms with Crippen LogP contribution in [0, 0.1) is 13.8 Å². The van der Waals surface area contributed by atoms with Crippen molar-refractivity contribution in [2.75, 3.05) is 7.11 Å². The smallest absolute Gasteiger partial charge is 0.206 e. The Hall–Kier alpha value is -2.17. The molecular formula is C18H21NO3. The predicted octanol–water partition coefficient (Wildman–Crippen LogP) is 3.00. The SMILES string of the molecule is COC(N)C(=O)c1ccccc1COc1cc(C)ccc1C. The minimum absolute atomic E-state index is 0.248. The molecule has 0 amide bonds. The fourth-order valence-electron chi connectivity index (χ4n) is 2.17. The normalized spacial score (nSPS) is 12.0. The zero-order valence-corrected chi connectivity index (χ0v) is 13.1. The molecule has 0 aliphatic carbocycles. The molecule has 0 spiro atoms. The van der Waals surface area contributed by atoms with Gasteiger partial charge in [0, 0.05) is 18.2 Å². The molecular weight excluding hydrogens is 278 g/mol. The monoisotopic (exact) mass is 299 g/mol. The van der Waals surface area contributed by atoms with Crippen molar-refractivity contribution in [3.8, 4) is 5.75 Å². The predicted molar refractivity (Wildman–Crippen MR) is 86.0 cm³/mol. The maximum absolute atomic E-state index is 12.2. The van der Waals surface area contributed by atoms with Crippen molar-refractivity contribution in [2.45, 2.75) is 26.7 Å². The molecule has 2 rings (SSSR count). The second kappa shape index (κ2) is 7.20. The number of ether oxygens (including phenoxy) is 2. The molecule has 0 radical (unpaired) electrons. The van der Waals surface area contributed by atoms with Crippen LogP contribution >= 0.6 is 0 Å². The van der Waals surface area contributed by atoms with Crippen LogP contribution in [-0.4, -0.2) is 19.1 Å². The largest absolute Gasteiger partial charge is 0.489 e. The number of hydrogen-bond acceptors (Lipinski definition) is 4. The highest BCUT2D eigenvalue weighted by Crippen LogP contribution is 2.21. The molecule has 0 saturated carbocycles. The Labute approximate surface area is 130 Å². The average molecular weight is 299 g/mol. The van der Waals surface area contributed by atoms with Crippen LogP contribution in [0.5, 0.6) is 5.75 Å². The van der Waals surface area contributed by atoms with Gasteiger partial charge >= 0.3 is 0 Å². The molecule has 0 aromatic heterocycles. The Kier molecular flexibility index (Phi) is 5.31. The Morgan fingerprint density at radius 1 is 1.18 bits per heavy atom. The van der Waals surface area contributed by atoms with Crippen molar-refractivity contribution in [2.24, 2.45) is 5.73 Å². The van der Waals surface area contributed by atoms with Gasteiger partial charge in [-0.25, -0.2) is 0 Å². The molecule has 22 heavy (non-hydrogen) atoms. The van der Waals surface area contributed by atoms with Gasteiger partial charge in [0.05, 0.1) is 0 Å². The number of aryl methyl sites for hydroxylation is 2. The molecule has 0 fully saturated rings. The summed E-state index contributed by atoms with van der Waals surface area (Å²) in [6.45, 7) is 4.32. The van der Waals surface area contributed by atoms with E-state index in [9.17, 15) is 4.79 Å². The van der Waals surface area contributed by atoms with Gasteiger partial charge in [-0.1, -0.05) is 36.4 Å². The number of Topliss-reactive ketones (excluding diaryl/α,β-unsaturated/α-hetero) is 1. The first-order valence-corrected chi connectivity index (χ1v) is 7.13. The highest BCUT2D eigenvalue weighted by atomic mass is 16.5. The minimum atomic E-state index is -0.957. The van der Waals surface area contributed by atoms with Gasteiger partial charge in [-0.05, 0) is 31.0 Å². The Morgan fingerprint density at radius 2 is 1.91 bits per heavy atom. The van der Waals surface area contributed by atoms with Gasteiger partial charge in [0.2, 0.25) is 5.78 Å². The van der Waals surface area contributed by atoms with Crippen molar-refractivity contribution in [1.82, 2.24) is 0 Å². The van der Waals surface area contributed by atoms with Crippen molar-refractivity contribution in [3.05, 3.63) is 64.7 Å². The average Bonchev–Trinajstić information content (AvgIpc) is 2.54. The van der Waals surface area contributed by atoms with Gasteiger partial charge in [-0.2, -0.15) is 0 Å². The third-order valence-electron chi connectivity index (χ3n) is 3.52. The summed E-state index contributed by atoms with van der Waals surface area (Å²) in [6, 6.07) is 13.3. The highest BCUT2D eigenvalue weighted by molar-refractivity contribution is 6.00. The molecule has 1 unspecified atom stereocenters. The highest BCUT2D eigenvalue weighted by Gasteiger charge is 2.18. The van der Waals surface area contributed by atoms with Gasteiger partial charge in [-0.3, -0.25) is 10.5 Å². The molecule has 2 N–H and O–H groups in total. The molecule has 0 heterocycles. The molecule has 2 aromatic carbocycles. The van der Waals surface area contributed by atoms with Crippen molar-refractivity contribution < 1.29 is 14.3 Å². The summed E-state index contributed by atoms with van der Waals surface area (Å²) in [7, 11) is 1.41. The summed E-state index contributed by atoms with van der Waals surface area (Å²) in [6.07, 6.45) is -0.957. The maximum atomic E-state index is 12.2. The lowest BCUT2D eigenvalue weighted by Gasteiger charge is -2.14. The van der Waals surface area contributed by atoms with E-state index in [4.69, 9.17) is 15.2 Å². The molecule has 0 aliphatic heterocycles. The van der Waals surface area contributed by atoms with Crippen molar-refractivity contribution in [1.29, 1.82) is 0 Å². The topological polar surface area (TPSA) is 61.5 Å². The standard InChI is InChI=1S/C18H21NO3/c1-12-8-9-13(2)16(10-12)22-11-14-6-4-5-7-15(14)17(20)18(19)21-3/h4-10,18H,11,19H2,1-3H3. The molecule has 0 saturated heterocycles. The van der Waals surface area contributed by atoms with E-state index < -0.39 is 6.23 Å². The van der Waals surface area contributed by atoms with Gasteiger partial charge in [0.15, 0.2) is 6.23 Å². The van der Waals surface area contributed by atoms with Crippen LogP contribution in [0.2, 0.25) is 0 Å². The maximum Gasteiger partial charge on any atom is 0.206 e. The molecule has 1 atom stereocenters. The van der Waals surface area contributed by atoms with E-state index in [-0.39, 0.29) is 5.78 Å². The Bertz CT molecular complexity index is 667. The number of nitrogens with two attached hydrogens (primary N) is 1. The van der Waals surface area contributed by atoms with Crippen LogP contribution < -0.4 is 10.5 Å². The summed E-state index contributed by atoms with van der Waals surface area (Å²) in [5, 5.41) is 0. The number of benzene rings is 2. The van der Waals surface area contributed by atoms with Crippen molar-refractivity contribution >= 4 is 5.78 Å². The summed E-state index contributed by atoms with van der Waals surface area (Å²) in [4.78, 5) is 12.2. The van der Waals surface area contributed by atoms with Crippen LogP contribution in [0.15, 0.2) is 42.5 Å². The molecule has 0 bridgehead atoms. The van der Waals surface area contributed by atoms with Crippen LogP contribution in [0.25, 0.3) is 0 Å². The lowest BCUT2D eigenvalue weighted by Crippen LogP contribution is -2.33. The van der Waals surface area contributed by atoms with Gasteiger partial charge in [0.1, 0.15) is 12.4 Å². The van der Waals surface area contributed by atoms with Crippen LogP contribution in [0.3, 0.4) is 0 Å². The lowest BCUT2D eigenvalue weighted by molar-refractivity contribution is 0.0621. The van der Waals surface area contributed by atoms with E-state index >= 15 is 0 Å². The second-order valence-corrected chi connectivity index (χ2v) is 5.24. The van der Waals surface area contributed by atoms with E-state index in [2.05, 4.69) is 0 Å². The van der Waals surface area contributed by atoms with E-state index in [0.717, 1.165) is 22.4 Å². The van der Waals surface area contributed by atoms with Crippen LogP contribution in [-0.2, 0) is 11.3 Å². The van der Waals surface area contributed by atoms with Gasteiger partial charge in [-0.15, -0.1) is 0 Å². The van der Waals surface area contributed by atoms with Gasteiger partial charge < -0.3 is 9.47 Å². The summed E-state index contributed by atoms with van der Waals surface area (Å²) < 4.78 is 10.8. The number of methoxy groups -OCH3 is 1. The third-order valence-corrected chi connectivity index (χ3v) is 3.52. The molecule has 0 aliphatic rings. The number of hydrogen-bond donors (Lipinski definition) is 1. The first-order valence-electron chi connectivity index (χ1n) is 7.13. The zero-order chi connectivity index (χ0) is 16.1. The third kappa shape index (κ3) is 3.72. The number of ketones is 1. The summed E-state index contributed by atoms with van der Waals surface area (Å²) >= 11 is 0. The van der Waals surface area contributed by atoms with Crippen molar-refractivity contribution in [3.63, 3.8) is 0 Å². The summed E-state index contributed by atoms with van der Waals surface area (Å²) in [5.41, 5.74) is 9.17. The van der Waals surface area contributed by atoms with E-state index in [1.165, 1.54) is 7.11 Å². The molecule has 2 aromatic rings. The quantitative estimate of drug-likeness (QED) is 0.658. The van der Waals surface area contributed by atoms with Gasteiger partial charge in [0.25, 0.3) is 0 Å². The second-order valence-electron chi connectivity index (χ2n) is 5.24. The minimum Gasteiger partial charge on any atom is -0.489 e. The fourth-order valence-corrected chi connectivity index (χ4v) is 2.17. The van der Waals surface area contributed by atoms with E-state index in [1.54, 1.807) is 12.1 Å². The first-order chi connectivity index (χ1) is 10.5. The Morgan fingerprint density at radius 3 is 2.64 bits per heavy atom. The lowest BCUT2D eigenvalue weighted by atomic mass is 10.0. The number of rotatable bonds is 6.